The fraction of sp³-hybridized carbons (Fsp3) is 0.667. The second kappa shape index (κ2) is 2.15. The average Bonchev–Trinajstić information content (AvgIpc) is 1.21. The maximum atomic E-state index is 9.77. The summed E-state index contributed by atoms with van der Waals surface area (Å²) < 4.78 is 0. The van der Waals surface area contributed by atoms with E-state index in [1.54, 1.807) is 0 Å². The van der Waals surface area contributed by atoms with E-state index >= 15 is 0 Å². The summed E-state index contributed by atoms with van der Waals surface area (Å²) in [5.74, 6) is -1.10. The highest BCUT2D eigenvalue weighted by atomic mass is 16.4. The van der Waals surface area contributed by atoms with E-state index < -0.39 is 18.0 Å². The van der Waals surface area contributed by atoms with Gasteiger partial charge in [-0.2, -0.15) is 0 Å². The van der Waals surface area contributed by atoms with Gasteiger partial charge in [0.05, 0.1) is 12.0 Å². The van der Waals surface area contributed by atoms with Crippen LogP contribution in [0.4, 0.5) is 0 Å². The van der Waals surface area contributed by atoms with Crippen molar-refractivity contribution in [2.75, 3.05) is 0 Å². The van der Waals surface area contributed by atoms with Crippen molar-refractivity contribution in [3.8, 4) is 0 Å². The summed E-state index contributed by atoms with van der Waals surface area (Å²) >= 11 is 0. The van der Waals surface area contributed by atoms with Gasteiger partial charge in [-0.25, -0.2) is 0 Å². The highest BCUT2D eigenvalue weighted by molar-refractivity contribution is 6.15. The summed E-state index contributed by atoms with van der Waals surface area (Å²) in [5.41, 5.74) is 3.33. The first-order chi connectivity index (χ1) is 3.42. The third-order valence-electron chi connectivity index (χ3n) is 0.509. The Morgan fingerprint density at radius 3 is 2.25 bits per heavy atom. The molecule has 5 heteroatoms. The molecule has 4 N–H and O–H groups in total. The summed E-state index contributed by atoms with van der Waals surface area (Å²) in [6.45, 7) is 0. The second-order valence-corrected chi connectivity index (χ2v) is 1.93. The molecule has 0 aromatic heterocycles. The molecule has 0 fully saturated rings. The summed E-state index contributed by atoms with van der Waals surface area (Å²) in [4.78, 5) is 9.77. The molecule has 0 aromatic rings. The molecule has 1 atom stereocenters. The lowest BCUT2D eigenvalue weighted by atomic mass is 9.89. The lowest BCUT2D eigenvalue weighted by Gasteiger charge is -2.12. The normalized spacial score (nSPS) is 17.2. The van der Waals surface area contributed by atoms with Crippen molar-refractivity contribution < 1.29 is 15.0 Å². The van der Waals surface area contributed by atoms with Gasteiger partial charge in [0.2, 0.25) is 0 Å². The molecular formula is C3H8BNO3. The third-order valence-corrected chi connectivity index (χ3v) is 0.509. The SMILES string of the molecule is BC(N)(O)CC(=O)O. The zero-order valence-corrected chi connectivity index (χ0v) is 4.59. The zero-order valence-electron chi connectivity index (χ0n) is 4.59. The number of hydrogen-bond donors (Lipinski definition) is 3. The molecule has 0 aliphatic carbocycles. The third kappa shape index (κ3) is 5.45. The molecule has 0 radical (unpaired) electrons. The van der Waals surface area contributed by atoms with Crippen molar-refractivity contribution in [2.24, 2.45) is 5.73 Å². The van der Waals surface area contributed by atoms with Crippen molar-refractivity contribution in [2.45, 2.75) is 12.0 Å². The molecule has 0 amide bonds. The molecule has 46 valence electrons. The smallest absolute Gasteiger partial charge is 0.306 e. The van der Waals surface area contributed by atoms with Crippen molar-refractivity contribution in [1.82, 2.24) is 0 Å². The number of carboxylic acid groups (broad SMARTS) is 1. The van der Waals surface area contributed by atoms with Crippen molar-refractivity contribution in [1.29, 1.82) is 0 Å². The molecule has 0 bridgehead atoms. The van der Waals surface area contributed by atoms with Gasteiger partial charge in [0.1, 0.15) is 0 Å². The van der Waals surface area contributed by atoms with Crippen LogP contribution in [-0.2, 0) is 4.79 Å². The Kier molecular flexibility index (Phi) is 2.00. The predicted octanol–water partition coefficient (Wildman–Crippen LogP) is -2.30. The first kappa shape index (κ1) is 7.45. The molecule has 0 aliphatic heterocycles. The number of aliphatic hydroxyl groups is 1. The number of nitrogens with two attached hydrogens (primary N) is 1. The molecule has 0 aliphatic rings. The van der Waals surface area contributed by atoms with Gasteiger partial charge in [0.25, 0.3) is 0 Å². The van der Waals surface area contributed by atoms with Gasteiger partial charge >= 0.3 is 5.97 Å². The molecule has 0 saturated heterocycles. The minimum absolute atomic E-state index is 0.424. The van der Waals surface area contributed by atoms with Gasteiger partial charge < -0.3 is 15.9 Å². The summed E-state index contributed by atoms with van der Waals surface area (Å²) in [6.07, 6.45) is -0.424. The Labute approximate surface area is 47.7 Å². The quantitative estimate of drug-likeness (QED) is 0.280. The van der Waals surface area contributed by atoms with Gasteiger partial charge in [0.15, 0.2) is 7.85 Å². The van der Waals surface area contributed by atoms with E-state index in [1.165, 1.54) is 7.85 Å². The van der Waals surface area contributed by atoms with Gasteiger partial charge in [-0.1, -0.05) is 0 Å². The van der Waals surface area contributed by atoms with Crippen molar-refractivity contribution >= 4 is 13.8 Å². The zero-order chi connectivity index (χ0) is 6.78. The average molecular weight is 117 g/mol. The largest absolute Gasteiger partial charge is 0.481 e. The molecule has 0 saturated carbocycles. The highest BCUT2D eigenvalue weighted by Crippen LogP contribution is 1.92. The van der Waals surface area contributed by atoms with Crippen LogP contribution in [0.25, 0.3) is 0 Å². The maximum Gasteiger partial charge on any atom is 0.306 e. The number of carbonyl (C=O) groups is 1. The summed E-state index contributed by atoms with van der Waals surface area (Å²) in [5, 5.41) is 16.6. The molecule has 1 unspecified atom stereocenters. The van der Waals surface area contributed by atoms with Crippen LogP contribution in [0.15, 0.2) is 0 Å². The molecule has 4 nitrogen and oxygen atoms in total. The van der Waals surface area contributed by atoms with Crippen LogP contribution in [0.5, 0.6) is 0 Å². The minimum Gasteiger partial charge on any atom is -0.481 e. The van der Waals surface area contributed by atoms with Crippen molar-refractivity contribution in [3.05, 3.63) is 0 Å². The Morgan fingerprint density at radius 1 is 1.88 bits per heavy atom. The number of rotatable bonds is 2. The van der Waals surface area contributed by atoms with Crippen LogP contribution in [0, 0.1) is 0 Å². The van der Waals surface area contributed by atoms with Gasteiger partial charge in [0, 0.05) is 0 Å². The minimum atomic E-state index is -1.58. The van der Waals surface area contributed by atoms with E-state index in [2.05, 4.69) is 0 Å². The van der Waals surface area contributed by atoms with E-state index in [1.807, 2.05) is 0 Å². The number of aliphatic carboxylic acids is 1. The van der Waals surface area contributed by atoms with Crippen LogP contribution in [0.3, 0.4) is 0 Å². The second-order valence-electron chi connectivity index (χ2n) is 1.93. The van der Waals surface area contributed by atoms with Crippen LogP contribution >= 0.6 is 0 Å². The van der Waals surface area contributed by atoms with Crippen LogP contribution in [0.2, 0.25) is 0 Å². The molecule has 0 heterocycles. The Balaban J connectivity index is 3.55. The number of carboxylic acids is 1. The molecule has 0 spiro atoms. The monoisotopic (exact) mass is 117 g/mol. The molecule has 0 rings (SSSR count). The van der Waals surface area contributed by atoms with Gasteiger partial charge in [-0.15, -0.1) is 0 Å². The molecular weight excluding hydrogens is 109 g/mol. The summed E-state index contributed by atoms with van der Waals surface area (Å²) in [6, 6.07) is 0. The van der Waals surface area contributed by atoms with Crippen LogP contribution in [0.1, 0.15) is 6.42 Å². The Hall–Kier alpha value is -0.545. The molecule has 0 aromatic carbocycles. The Bertz CT molecular complexity index is 97.2. The predicted molar refractivity (Wildman–Crippen MR) is 29.9 cm³/mol. The first-order valence-electron chi connectivity index (χ1n) is 2.15. The number of hydrogen-bond acceptors (Lipinski definition) is 3. The van der Waals surface area contributed by atoms with E-state index in [0.29, 0.717) is 0 Å². The van der Waals surface area contributed by atoms with E-state index in [0.717, 1.165) is 0 Å². The van der Waals surface area contributed by atoms with E-state index in [9.17, 15) is 4.79 Å². The van der Waals surface area contributed by atoms with Gasteiger partial charge in [-0.3, -0.25) is 4.79 Å². The maximum absolute atomic E-state index is 9.77. The van der Waals surface area contributed by atoms with Gasteiger partial charge in [-0.05, 0) is 0 Å². The fourth-order valence-electron chi connectivity index (χ4n) is 0.306. The summed E-state index contributed by atoms with van der Waals surface area (Å²) in [7, 11) is 1.24. The topological polar surface area (TPSA) is 83.5 Å². The molecule has 8 heavy (non-hydrogen) atoms. The lowest BCUT2D eigenvalue weighted by molar-refractivity contribution is -0.139. The Morgan fingerprint density at radius 2 is 2.25 bits per heavy atom. The van der Waals surface area contributed by atoms with E-state index in [-0.39, 0.29) is 0 Å². The standard InChI is InChI=1S/C3H8BNO3/c4-3(5,8)1-2(6)7/h8H,1,4-5H2,(H,6,7). The lowest BCUT2D eigenvalue weighted by Crippen LogP contribution is -2.42. The van der Waals surface area contributed by atoms with Crippen LogP contribution < -0.4 is 5.73 Å². The van der Waals surface area contributed by atoms with Crippen molar-refractivity contribution in [3.63, 3.8) is 0 Å². The van der Waals surface area contributed by atoms with Crippen LogP contribution in [-0.4, -0.2) is 29.7 Å². The highest BCUT2D eigenvalue weighted by Gasteiger charge is 2.16. The van der Waals surface area contributed by atoms with E-state index in [4.69, 9.17) is 15.9 Å². The fourth-order valence-corrected chi connectivity index (χ4v) is 0.306. The first-order valence-corrected chi connectivity index (χ1v) is 2.15.